The topological polar surface area (TPSA) is 74.1 Å². The zero-order valence-electron chi connectivity index (χ0n) is 19.9. The Morgan fingerprint density at radius 2 is 1.83 bits per heavy atom. The van der Waals surface area contributed by atoms with Gasteiger partial charge in [-0.05, 0) is 48.7 Å². The van der Waals surface area contributed by atoms with E-state index in [0.29, 0.717) is 22.8 Å². The average Bonchev–Trinajstić information content (AvgIpc) is 3.46. The third-order valence-corrected chi connectivity index (χ3v) is 7.36. The van der Waals surface area contributed by atoms with E-state index in [4.69, 9.17) is 5.10 Å². The summed E-state index contributed by atoms with van der Waals surface area (Å²) in [7, 11) is 0. The van der Waals surface area contributed by atoms with E-state index in [1.165, 1.54) is 29.5 Å². The Balaban J connectivity index is 1.33. The second kappa shape index (κ2) is 10.1. The maximum absolute atomic E-state index is 13.5. The number of halogens is 1. The molecule has 2 atom stereocenters. The fourth-order valence-electron chi connectivity index (χ4n) is 4.25. The van der Waals surface area contributed by atoms with Crippen LogP contribution in [-0.2, 0) is 9.59 Å². The number of aryl methyl sites for hydroxylation is 2. The number of thioether (sulfide) groups is 1. The van der Waals surface area contributed by atoms with Gasteiger partial charge in [-0.2, -0.15) is 10.1 Å². The third-order valence-electron chi connectivity index (χ3n) is 6.22. The molecule has 0 spiro atoms. The van der Waals surface area contributed by atoms with Crippen molar-refractivity contribution in [2.75, 3.05) is 5.32 Å². The Kier molecular flexibility index (Phi) is 6.69. The number of rotatable bonds is 5. The first-order chi connectivity index (χ1) is 17.4. The van der Waals surface area contributed by atoms with E-state index in [1.54, 1.807) is 13.0 Å². The summed E-state index contributed by atoms with van der Waals surface area (Å²) in [5, 5.41) is 9.28. The van der Waals surface area contributed by atoms with Crippen molar-refractivity contribution >= 4 is 40.1 Å². The molecule has 0 aliphatic carbocycles. The molecular formula is C28H25FN4O2S. The van der Waals surface area contributed by atoms with Gasteiger partial charge in [0.1, 0.15) is 11.1 Å². The molecule has 2 amide bonds. The fraction of sp³-hybridized carbons (Fsp3) is 0.214. The van der Waals surface area contributed by atoms with Gasteiger partial charge in [0.2, 0.25) is 5.91 Å². The van der Waals surface area contributed by atoms with Crippen molar-refractivity contribution in [1.82, 2.24) is 5.01 Å². The van der Waals surface area contributed by atoms with Gasteiger partial charge in [0.25, 0.3) is 5.91 Å². The molecule has 0 saturated heterocycles. The molecule has 5 rings (SSSR count). The summed E-state index contributed by atoms with van der Waals surface area (Å²) < 4.78 is 13.5. The predicted octanol–water partition coefficient (Wildman–Crippen LogP) is 5.62. The average molecular weight is 501 g/mol. The maximum atomic E-state index is 13.5. The van der Waals surface area contributed by atoms with Gasteiger partial charge in [0, 0.05) is 18.5 Å². The van der Waals surface area contributed by atoms with Crippen LogP contribution in [0.5, 0.6) is 0 Å². The van der Waals surface area contributed by atoms with E-state index in [0.717, 1.165) is 16.8 Å². The van der Waals surface area contributed by atoms with Gasteiger partial charge >= 0.3 is 0 Å². The van der Waals surface area contributed by atoms with Gasteiger partial charge in [0.05, 0.1) is 11.8 Å². The van der Waals surface area contributed by atoms with Gasteiger partial charge in [-0.15, -0.1) is 0 Å². The number of nitrogens with zero attached hydrogens (tertiary/aromatic N) is 3. The summed E-state index contributed by atoms with van der Waals surface area (Å²) in [6.45, 7) is 3.67. The summed E-state index contributed by atoms with van der Waals surface area (Å²) in [4.78, 5) is 29.7. The lowest BCUT2D eigenvalue weighted by Gasteiger charge is -2.23. The highest BCUT2D eigenvalue weighted by Crippen LogP contribution is 2.38. The number of aliphatic imine (C=N–C) groups is 1. The van der Waals surface area contributed by atoms with Crippen LogP contribution in [-0.4, -0.2) is 33.0 Å². The Labute approximate surface area is 213 Å². The first-order valence-corrected chi connectivity index (χ1v) is 12.6. The maximum Gasteiger partial charge on any atom is 0.262 e. The van der Waals surface area contributed by atoms with Crippen LogP contribution in [0.3, 0.4) is 0 Å². The highest BCUT2D eigenvalue weighted by atomic mass is 32.2. The molecule has 8 heteroatoms. The summed E-state index contributed by atoms with van der Waals surface area (Å²) in [5.41, 5.74) is 5.13. The van der Waals surface area contributed by atoms with Crippen LogP contribution < -0.4 is 5.32 Å². The highest BCUT2D eigenvalue weighted by molar-refractivity contribution is 8.15. The molecule has 3 aromatic rings. The molecule has 0 unspecified atom stereocenters. The molecule has 36 heavy (non-hydrogen) atoms. The number of anilines is 1. The Bertz CT molecular complexity index is 1370. The lowest BCUT2D eigenvalue weighted by molar-refractivity contribution is -0.121. The first kappa shape index (κ1) is 23.9. The van der Waals surface area contributed by atoms with Gasteiger partial charge < -0.3 is 5.32 Å². The number of amides is 2. The predicted molar refractivity (Wildman–Crippen MR) is 142 cm³/mol. The zero-order chi connectivity index (χ0) is 25.2. The third kappa shape index (κ3) is 5.09. The monoisotopic (exact) mass is 500 g/mol. The summed E-state index contributed by atoms with van der Waals surface area (Å²) in [6, 6.07) is 22.5. The van der Waals surface area contributed by atoms with Crippen molar-refractivity contribution in [3.8, 4) is 0 Å². The van der Waals surface area contributed by atoms with Gasteiger partial charge in [0.15, 0.2) is 5.17 Å². The van der Waals surface area contributed by atoms with Gasteiger partial charge in [-0.1, -0.05) is 71.9 Å². The molecule has 2 heterocycles. The van der Waals surface area contributed by atoms with E-state index in [9.17, 15) is 14.0 Å². The Hall–Kier alpha value is -3.78. The standard InChI is InChI=1S/C28H25FN4O2S/c1-17-8-10-19(11-9-17)23-15-24(20-6-4-3-5-7-20)33(32-23)28-31-27(35)25(36-28)16-26(34)30-21-12-13-22(29)18(2)14-21/h3-14,24-25H,15-16H2,1-2H3,(H,30,34)/t24-,25+/m0/s1. The molecule has 1 N–H and O–H groups in total. The minimum atomic E-state index is -0.642. The SMILES string of the molecule is Cc1ccc(C2=NN(C3=NC(=O)[C@@H](CC(=O)Nc4ccc(F)c(C)c4)S3)[C@H](c3ccccc3)C2)cc1. The zero-order valence-corrected chi connectivity index (χ0v) is 20.8. The molecule has 0 fully saturated rings. The Morgan fingerprint density at radius 1 is 1.08 bits per heavy atom. The van der Waals surface area contributed by atoms with Crippen molar-refractivity contribution in [3.05, 3.63) is 101 Å². The van der Waals surface area contributed by atoms with E-state index < -0.39 is 5.25 Å². The number of hydrogen-bond donors (Lipinski definition) is 1. The van der Waals surface area contributed by atoms with E-state index in [1.807, 2.05) is 42.3 Å². The lowest BCUT2D eigenvalue weighted by Crippen LogP contribution is -2.25. The smallest absolute Gasteiger partial charge is 0.262 e. The van der Waals surface area contributed by atoms with Crippen molar-refractivity contribution < 1.29 is 14.0 Å². The molecule has 6 nitrogen and oxygen atoms in total. The molecule has 2 aliphatic rings. The summed E-state index contributed by atoms with van der Waals surface area (Å²) in [6.07, 6.45) is 0.640. The van der Waals surface area contributed by atoms with Crippen molar-refractivity contribution in [2.24, 2.45) is 10.1 Å². The molecule has 0 aromatic heterocycles. The molecule has 182 valence electrons. The van der Waals surface area contributed by atoms with Crippen LogP contribution in [0.15, 0.2) is 82.9 Å². The highest BCUT2D eigenvalue weighted by Gasteiger charge is 2.39. The van der Waals surface area contributed by atoms with Gasteiger partial charge in [-0.3, -0.25) is 9.59 Å². The number of nitrogens with one attached hydrogen (secondary N) is 1. The van der Waals surface area contributed by atoms with E-state index >= 15 is 0 Å². The molecule has 2 aliphatic heterocycles. The lowest BCUT2D eigenvalue weighted by atomic mass is 9.98. The Morgan fingerprint density at radius 3 is 2.56 bits per heavy atom. The molecule has 0 radical (unpaired) electrons. The summed E-state index contributed by atoms with van der Waals surface area (Å²) >= 11 is 1.26. The largest absolute Gasteiger partial charge is 0.326 e. The van der Waals surface area contributed by atoms with Crippen LogP contribution in [0.4, 0.5) is 10.1 Å². The molecular weight excluding hydrogens is 475 g/mol. The number of amidine groups is 1. The second-order valence-corrected chi connectivity index (χ2v) is 10.1. The number of carbonyl (C=O) groups excluding carboxylic acids is 2. The number of hydrogen-bond acceptors (Lipinski definition) is 5. The summed E-state index contributed by atoms with van der Waals surface area (Å²) in [5.74, 6) is -1.02. The quantitative estimate of drug-likeness (QED) is 0.493. The minimum absolute atomic E-state index is 0.0364. The van der Waals surface area contributed by atoms with Crippen molar-refractivity contribution in [2.45, 2.75) is 38.0 Å². The second-order valence-electron chi connectivity index (χ2n) is 8.94. The van der Waals surface area contributed by atoms with Crippen LogP contribution >= 0.6 is 11.8 Å². The minimum Gasteiger partial charge on any atom is -0.326 e. The van der Waals surface area contributed by atoms with E-state index in [-0.39, 0.29) is 30.1 Å². The number of hydrazone groups is 1. The molecule has 0 saturated carbocycles. The molecule has 0 bridgehead atoms. The molecule has 3 aromatic carbocycles. The van der Waals surface area contributed by atoms with Crippen LogP contribution in [0.1, 0.15) is 41.1 Å². The van der Waals surface area contributed by atoms with Crippen LogP contribution in [0, 0.1) is 19.7 Å². The van der Waals surface area contributed by atoms with Crippen molar-refractivity contribution in [1.29, 1.82) is 0 Å². The number of carbonyl (C=O) groups is 2. The van der Waals surface area contributed by atoms with Crippen molar-refractivity contribution in [3.63, 3.8) is 0 Å². The van der Waals surface area contributed by atoms with E-state index in [2.05, 4.69) is 34.6 Å². The normalized spacial score (nSPS) is 19.3. The van der Waals surface area contributed by atoms with Crippen LogP contribution in [0.2, 0.25) is 0 Å². The fourth-order valence-corrected chi connectivity index (χ4v) is 5.31. The van der Waals surface area contributed by atoms with Gasteiger partial charge in [-0.25, -0.2) is 9.40 Å². The first-order valence-electron chi connectivity index (χ1n) is 11.7. The van der Waals surface area contributed by atoms with Crippen LogP contribution in [0.25, 0.3) is 0 Å². The number of benzene rings is 3.